The molecule has 0 aromatic heterocycles. The topological polar surface area (TPSA) is 6.48 Å². The van der Waals surface area contributed by atoms with Crippen LogP contribution in [0.2, 0.25) is 0 Å². The van der Waals surface area contributed by atoms with E-state index in [-0.39, 0.29) is 17.5 Å². The van der Waals surface area contributed by atoms with E-state index in [0.717, 1.165) is 0 Å². The first kappa shape index (κ1) is 36.7. The summed E-state index contributed by atoms with van der Waals surface area (Å²) in [7, 11) is -2.80. The van der Waals surface area contributed by atoms with E-state index in [1.54, 1.807) is 0 Å². The second kappa shape index (κ2) is 13.3. The molecule has 0 saturated carbocycles. The van der Waals surface area contributed by atoms with Gasteiger partial charge in [0.05, 0.1) is 0 Å². The standard InChI is InChI=1S/C56H49BN2Si/c1-55(2,3)40-35-41(56(4,5)6)37-42(36-40)58-48-28-19-29-49-53(48)57(45-33-32-39(34-50(45)58)38-20-10-7-11-21-38)46-26-18-31-52-54(46)59(49)47-27-16-17-30-51(47)60(52,43-22-12-8-13-23-43)44-24-14-9-15-25-44/h7-37H,1-6H3. The van der Waals surface area contributed by atoms with E-state index in [1.165, 1.54) is 93.5 Å². The van der Waals surface area contributed by atoms with Crippen LogP contribution in [0.25, 0.3) is 11.1 Å². The second-order valence-electron chi connectivity index (χ2n) is 19.0. The highest BCUT2D eigenvalue weighted by Gasteiger charge is 2.53. The lowest BCUT2D eigenvalue weighted by Gasteiger charge is -2.50. The zero-order valence-electron chi connectivity index (χ0n) is 35.4. The van der Waals surface area contributed by atoms with Crippen molar-refractivity contribution in [1.82, 2.24) is 0 Å². The molecular weight excluding hydrogens is 740 g/mol. The van der Waals surface area contributed by atoms with Gasteiger partial charge in [-0.2, -0.15) is 0 Å². The smallest absolute Gasteiger partial charge is 0.252 e. The van der Waals surface area contributed by atoms with Gasteiger partial charge < -0.3 is 9.80 Å². The fourth-order valence-electron chi connectivity index (χ4n) is 10.5. The molecule has 0 aliphatic carbocycles. The molecule has 11 rings (SSSR count). The zero-order chi connectivity index (χ0) is 41.0. The summed E-state index contributed by atoms with van der Waals surface area (Å²) in [5, 5.41) is 5.70. The predicted molar refractivity (Wildman–Crippen MR) is 260 cm³/mol. The van der Waals surface area contributed by atoms with Crippen molar-refractivity contribution >= 4 is 86.0 Å². The Hall–Kier alpha value is -6.36. The first-order chi connectivity index (χ1) is 29.0. The molecule has 8 aromatic rings. The fourth-order valence-corrected chi connectivity index (χ4v) is 15.7. The van der Waals surface area contributed by atoms with E-state index in [4.69, 9.17) is 0 Å². The number of fused-ring (bicyclic) bond motifs is 6. The van der Waals surface area contributed by atoms with Crippen LogP contribution in [0, 0.1) is 0 Å². The highest BCUT2D eigenvalue weighted by molar-refractivity contribution is 7.22. The van der Waals surface area contributed by atoms with Crippen LogP contribution in [0.3, 0.4) is 0 Å². The summed E-state index contributed by atoms with van der Waals surface area (Å²) in [4.78, 5) is 5.24. The molecule has 8 aromatic carbocycles. The van der Waals surface area contributed by atoms with Crippen molar-refractivity contribution in [3.63, 3.8) is 0 Å². The molecule has 0 fully saturated rings. The van der Waals surface area contributed by atoms with Crippen molar-refractivity contribution in [2.24, 2.45) is 0 Å². The third kappa shape index (κ3) is 5.33. The summed E-state index contributed by atoms with van der Waals surface area (Å²) < 4.78 is 0. The monoisotopic (exact) mass is 788 g/mol. The van der Waals surface area contributed by atoms with E-state index in [1.807, 2.05) is 0 Å². The Morgan fingerprint density at radius 1 is 0.400 bits per heavy atom. The fraction of sp³-hybridized carbons (Fsp3) is 0.143. The van der Waals surface area contributed by atoms with E-state index in [0.29, 0.717) is 0 Å². The van der Waals surface area contributed by atoms with Gasteiger partial charge in [0.1, 0.15) is 0 Å². The van der Waals surface area contributed by atoms with Crippen LogP contribution in [-0.2, 0) is 10.8 Å². The lowest BCUT2D eigenvalue weighted by molar-refractivity contribution is 0.569. The maximum absolute atomic E-state index is 2.80. The van der Waals surface area contributed by atoms with Gasteiger partial charge in [-0.05, 0) is 107 Å². The van der Waals surface area contributed by atoms with Crippen LogP contribution in [-0.4, -0.2) is 14.8 Å². The molecule has 0 N–H and O–H groups in total. The molecule has 0 bridgehead atoms. The molecule has 0 atom stereocenters. The molecule has 3 aliphatic rings. The predicted octanol–water partition coefficient (Wildman–Crippen LogP) is 9.72. The molecule has 0 saturated heterocycles. The molecule has 0 amide bonds. The summed E-state index contributed by atoms with van der Waals surface area (Å²) in [6.45, 7) is 14.1. The first-order valence-electron chi connectivity index (χ1n) is 21.5. The minimum absolute atomic E-state index is 0.0279. The van der Waals surface area contributed by atoms with Gasteiger partial charge in [-0.25, -0.2) is 0 Å². The third-order valence-corrected chi connectivity index (χ3v) is 18.2. The minimum atomic E-state index is -2.80. The van der Waals surface area contributed by atoms with Gasteiger partial charge in [-0.1, -0.05) is 193 Å². The van der Waals surface area contributed by atoms with Crippen LogP contribution in [0.5, 0.6) is 0 Å². The van der Waals surface area contributed by atoms with Gasteiger partial charge in [0.2, 0.25) is 0 Å². The number of hydrogen-bond donors (Lipinski definition) is 0. The average molecular weight is 789 g/mol. The summed E-state index contributed by atoms with van der Waals surface area (Å²) in [5.74, 6) is 0. The highest BCUT2D eigenvalue weighted by atomic mass is 28.3. The van der Waals surface area contributed by atoms with Gasteiger partial charge in [-0.3, -0.25) is 0 Å². The van der Waals surface area contributed by atoms with Crippen LogP contribution < -0.4 is 46.9 Å². The van der Waals surface area contributed by atoms with Gasteiger partial charge in [0.15, 0.2) is 8.07 Å². The molecule has 3 aliphatic heterocycles. The van der Waals surface area contributed by atoms with Crippen molar-refractivity contribution < 1.29 is 0 Å². The second-order valence-corrected chi connectivity index (χ2v) is 22.7. The van der Waals surface area contributed by atoms with Crippen molar-refractivity contribution in [3.8, 4) is 11.1 Å². The van der Waals surface area contributed by atoms with E-state index < -0.39 is 8.07 Å². The van der Waals surface area contributed by atoms with E-state index >= 15 is 0 Å². The molecule has 290 valence electrons. The Labute approximate surface area is 356 Å². The van der Waals surface area contributed by atoms with Crippen LogP contribution >= 0.6 is 0 Å². The molecule has 0 spiro atoms. The lowest BCUT2D eigenvalue weighted by atomic mass is 9.33. The molecule has 60 heavy (non-hydrogen) atoms. The van der Waals surface area contributed by atoms with Crippen molar-refractivity contribution in [2.75, 3.05) is 9.80 Å². The summed E-state index contributed by atoms with van der Waals surface area (Å²) in [6.07, 6.45) is 0. The number of rotatable bonds is 4. The normalized spacial score (nSPS) is 14.5. The van der Waals surface area contributed by atoms with Gasteiger partial charge >= 0.3 is 0 Å². The summed E-state index contributed by atoms with van der Waals surface area (Å²) in [5.41, 5.74) is 16.8. The molecule has 0 radical (unpaired) electrons. The maximum atomic E-state index is 2.64. The number of anilines is 6. The first-order valence-corrected chi connectivity index (χ1v) is 23.5. The molecule has 0 unspecified atom stereocenters. The maximum Gasteiger partial charge on any atom is 0.252 e. The summed E-state index contributed by atoms with van der Waals surface area (Å²) >= 11 is 0. The number of para-hydroxylation sites is 2. The van der Waals surface area contributed by atoms with Crippen molar-refractivity contribution in [1.29, 1.82) is 0 Å². The van der Waals surface area contributed by atoms with Crippen LogP contribution in [0.1, 0.15) is 52.7 Å². The van der Waals surface area contributed by atoms with E-state index in [9.17, 15) is 0 Å². The SMILES string of the molecule is CC(C)(C)c1cc(N2c3cc(-c4ccccc4)ccc3B3c4cccc5c4N(c4ccccc4[Si]5(c4ccccc4)c4ccccc4)c4cccc2c43)cc(C(C)(C)C)c1. The van der Waals surface area contributed by atoms with Crippen molar-refractivity contribution in [2.45, 2.75) is 52.4 Å². The Morgan fingerprint density at radius 3 is 1.57 bits per heavy atom. The Balaban J connectivity index is 1.25. The lowest BCUT2D eigenvalue weighted by Crippen LogP contribution is -2.79. The molecule has 3 heterocycles. The zero-order valence-corrected chi connectivity index (χ0v) is 36.4. The van der Waals surface area contributed by atoms with Gasteiger partial charge in [0.25, 0.3) is 6.71 Å². The minimum Gasteiger partial charge on any atom is -0.312 e. The van der Waals surface area contributed by atoms with Crippen molar-refractivity contribution in [3.05, 3.63) is 199 Å². The number of nitrogens with zero attached hydrogens (tertiary/aromatic N) is 2. The van der Waals surface area contributed by atoms with Gasteiger partial charge in [0, 0.05) is 34.1 Å². The number of benzene rings is 8. The van der Waals surface area contributed by atoms with Crippen LogP contribution in [0.15, 0.2) is 188 Å². The number of hydrogen-bond acceptors (Lipinski definition) is 2. The Kier molecular flexibility index (Phi) is 8.15. The Morgan fingerprint density at radius 2 is 0.933 bits per heavy atom. The highest BCUT2D eigenvalue weighted by Crippen LogP contribution is 2.47. The Bertz CT molecular complexity index is 2890. The molecule has 4 heteroatoms. The van der Waals surface area contributed by atoms with E-state index in [2.05, 4.69) is 239 Å². The van der Waals surface area contributed by atoms with Crippen LogP contribution in [0.4, 0.5) is 34.1 Å². The molecule has 2 nitrogen and oxygen atoms in total. The third-order valence-electron chi connectivity index (χ3n) is 13.4. The largest absolute Gasteiger partial charge is 0.312 e. The van der Waals surface area contributed by atoms with Gasteiger partial charge in [-0.15, -0.1) is 0 Å². The quantitative estimate of drug-likeness (QED) is 0.164. The average Bonchev–Trinajstić information content (AvgIpc) is 3.27. The molecular formula is C56H49BN2Si. The summed E-state index contributed by atoms with van der Waals surface area (Å²) in [6, 6.07) is 71.9.